The van der Waals surface area contributed by atoms with Crippen LogP contribution in [0.2, 0.25) is 0 Å². The zero-order valence-electron chi connectivity index (χ0n) is 13.4. The van der Waals surface area contributed by atoms with Crippen molar-refractivity contribution in [2.24, 2.45) is 0 Å². The highest BCUT2D eigenvalue weighted by atomic mass is 79.9. The highest BCUT2D eigenvalue weighted by Crippen LogP contribution is 2.41. The van der Waals surface area contributed by atoms with Crippen LogP contribution < -0.4 is 0 Å². The summed E-state index contributed by atoms with van der Waals surface area (Å²) in [6, 6.07) is 12.3. The molecular weight excluding hydrogens is 375 g/mol. The third-order valence-electron chi connectivity index (χ3n) is 3.96. The minimum Gasteiger partial charge on any atom is -0.324 e. The van der Waals surface area contributed by atoms with Gasteiger partial charge in [-0.3, -0.25) is 4.57 Å². The second-order valence-corrected chi connectivity index (χ2v) is 7.84. The molecule has 0 aliphatic rings. The first-order valence-electron chi connectivity index (χ1n) is 7.72. The highest BCUT2D eigenvalue weighted by molar-refractivity contribution is 9.08. The minimum absolute atomic E-state index is 0.199. The van der Waals surface area contributed by atoms with E-state index in [9.17, 15) is 14.4 Å². The van der Waals surface area contributed by atoms with Gasteiger partial charge in [0.05, 0.1) is 6.16 Å². The van der Waals surface area contributed by atoms with E-state index in [0.29, 0.717) is 0 Å². The summed E-state index contributed by atoms with van der Waals surface area (Å²) in [5.74, 6) is 0. The molecule has 5 heteroatoms. The highest BCUT2D eigenvalue weighted by Gasteiger charge is 2.19. The molecule has 0 heterocycles. The molecule has 23 heavy (non-hydrogen) atoms. The number of alkyl halides is 1. The molecule has 0 unspecified atom stereocenters. The molecule has 0 aromatic heterocycles. The number of benzene rings is 2. The predicted octanol–water partition coefficient (Wildman–Crippen LogP) is 5.05. The van der Waals surface area contributed by atoms with E-state index in [-0.39, 0.29) is 6.16 Å². The molecule has 124 valence electrons. The zero-order valence-corrected chi connectivity index (χ0v) is 15.9. The average molecular weight is 397 g/mol. The topological polar surface area (TPSA) is 57.5 Å². The van der Waals surface area contributed by atoms with Crippen LogP contribution in [0.3, 0.4) is 0 Å². The molecule has 0 aliphatic heterocycles. The smallest absolute Gasteiger partial charge is 0.324 e. The van der Waals surface area contributed by atoms with Gasteiger partial charge in [-0.15, -0.1) is 0 Å². The molecule has 2 rings (SSSR count). The maximum absolute atomic E-state index is 11.5. The lowest BCUT2D eigenvalue weighted by molar-refractivity contribution is 0.371. The Morgan fingerprint density at radius 2 is 1.70 bits per heavy atom. The maximum Gasteiger partial charge on any atom is 0.329 e. The van der Waals surface area contributed by atoms with Crippen LogP contribution in [0.25, 0.3) is 11.1 Å². The molecule has 0 spiro atoms. The van der Waals surface area contributed by atoms with Crippen molar-refractivity contribution in [3.8, 4) is 11.1 Å². The molecule has 2 aromatic carbocycles. The van der Waals surface area contributed by atoms with Gasteiger partial charge in [0, 0.05) is 5.33 Å². The van der Waals surface area contributed by atoms with Crippen molar-refractivity contribution in [2.45, 2.75) is 38.2 Å². The molecular formula is C18H22BrO3P. The van der Waals surface area contributed by atoms with Gasteiger partial charge in [-0.25, -0.2) is 0 Å². The van der Waals surface area contributed by atoms with Crippen molar-refractivity contribution in [2.75, 3.05) is 0 Å². The van der Waals surface area contributed by atoms with Crippen LogP contribution in [-0.4, -0.2) is 9.79 Å². The second kappa shape index (κ2) is 7.76. The van der Waals surface area contributed by atoms with Crippen LogP contribution in [-0.2, 0) is 28.9 Å². The van der Waals surface area contributed by atoms with Crippen molar-refractivity contribution in [1.29, 1.82) is 0 Å². The lowest BCUT2D eigenvalue weighted by Gasteiger charge is -2.17. The first-order valence-corrected chi connectivity index (χ1v) is 10.6. The SMILES string of the molecule is CCc1cc(-c2cccc(CBr)c2)cc(CP(=O)(O)O)c1CC. The number of aryl methyl sites for hydroxylation is 1. The van der Waals surface area contributed by atoms with Gasteiger partial charge in [-0.05, 0) is 46.2 Å². The first-order chi connectivity index (χ1) is 10.9. The van der Waals surface area contributed by atoms with E-state index in [2.05, 4.69) is 41.1 Å². The third-order valence-corrected chi connectivity index (χ3v) is 5.36. The van der Waals surface area contributed by atoms with Crippen LogP contribution in [0.15, 0.2) is 36.4 Å². The summed E-state index contributed by atoms with van der Waals surface area (Å²) in [5.41, 5.74) is 6.27. The van der Waals surface area contributed by atoms with Gasteiger partial charge >= 0.3 is 7.60 Å². The lowest BCUT2D eigenvalue weighted by atomic mass is 9.92. The van der Waals surface area contributed by atoms with Gasteiger partial charge in [0.2, 0.25) is 0 Å². The Morgan fingerprint density at radius 3 is 2.26 bits per heavy atom. The van der Waals surface area contributed by atoms with E-state index in [1.54, 1.807) is 0 Å². The molecule has 0 radical (unpaired) electrons. The Balaban J connectivity index is 2.60. The fourth-order valence-electron chi connectivity index (χ4n) is 2.93. The van der Waals surface area contributed by atoms with Crippen LogP contribution in [0.1, 0.15) is 36.1 Å². The molecule has 0 bridgehead atoms. The van der Waals surface area contributed by atoms with Crippen LogP contribution in [0.4, 0.5) is 0 Å². The number of hydrogen-bond donors (Lipinski definition) is 2. The molecule has 0 amide bonds. The summed E-state index contributed by atoms with van der Waals surface area (Å²) in [6.07, 6.45) is 1.43. The predicted molar refractivity (Wildman–Crippen MR) is 99.0 cm³/mol. The standard InChI is InChI=1S/C18H22BrO3P/c1-3-14-9-16(15-7-5-6-13(8-15)11-19)10-17(18(14)4-2)12-23(20,21)22/h5-10H,3-4,11-12H2,1-2H3,(H2,20,21,22). The molecule has 0 aliphatic carbocycles. The van der Waals surface area contributed by atoms with Gasteiger partial charge in [0.25, 0.3) is 0 Å². The third kappa shape index (κ3) is 4.77. The normalized spacial score (nSPS) is 11.7. The minimum atomic E-state index is -4.09. The number of halogens is 1. The Kier molecular flexibility index (Phi) is 6.21. The summed E-state index contributed by atoms with van der Waals surface area (Å²) in [4.78, 5) is 18.8. The van der Waals surface area contributed by atoms with Gasteiger partial charge in [-0.2, -0.15) is 0 Å². The number of rotatable bonds is 6. The van der Waals surface area contributed by atoms with Crippen molar-refractivity contribution in [3.05, 3.63) is 58.7 Å². The molecule has 3 nitrogen and oxygen atoms in total. The zero-order chi connectivity index (χ0) is 17.0. The Labute approximate surface area is 146 Å². The molecule has 0 fully saturated rings. The Bertz CT molecular complexity index is 737. The maximum atomic E-state index is 11.5. The van der Waals surface area contributed by atoms with Crippen molar-refractivity contribution < 1.29 is 14.4 Å². The molecule has 0 saturated carbocycles. The van der Waals surface area contributed by atoms with Crippen LogP contribution in [0.5, 0.6) is 0 Å². The van der Waals surface area contributed by atoms with Gasteiger partial charge in [0.1, 0.15) is 0 Å². The van der Waals surface area contributed by atoms with Gasteiger partial charge in [-0.1, -0.05) is 66.2 Å². The number of hydrogen-bond acceptors (Lipinski definition) is 1. The molecule has 0 atom stereocenters. The fourth-order valence-corrected chi connectivity index (χ4v) is 4.01. The summed E-state index contributed by atoms with van der Waals surface area (Å²) >= 11 is 3.47. The van der Waals surface area contributed by atoms with Crippen LogP contribution in [0, 0.1) is 0 Å². The van der Waals surface area contributed by atoms with Gasteiger partial charge < -0.3 is 9.79 Å². The average Bonchev–Trinajstić information content (AvgIpc) is 2.52. The lowest BCUT2D eigenvalue weighted by Crippen LogP contribution is -2.01. The first kappa shape index (κ1) is 18.4. The summed E-state index contributed by atoms with van der Waals surface area (Å²) in [6.45, 7) is 4.11. The summed E-state index contributed by atoms with van der Waals surface area (Å²) in [7, 11) is -4.09. The van der Waals surface area contributed by atoms with E-state index in [4.69, 9.17) is 0 Å². The van der Waals surface area contributed by atoms with Crippen LogP contribution >= 0.6 is 23.5 Å². The van der Waals surface area contributed by atoms with E-state index in [1.165, 1.54) is 5.56 Å². The summed E-state index contributed by atoms with van der Waals surface area (Å²) < 4.78 is 11.5. The van der Waals surface area contributed by atoms with E-state index in [0.717, 1.165) is 46.0 Å². The van der Waals surface area contributed by atoms with Crippen molar-refractivity contribution >= 4 is 23.5 Å². The van der Waals surface area contributed by atoms with Crippen molar-refractivity contribution in [1.82, 2.24) is 0 Å². The quantitative estimate of drug-likeness (QED) is 0.530. The second-order valence-electron chi connectivity index (χ2n) is 5.64. The van der Waals surface area contributed by atoms with Crippen molar-refractivity contribution in [3.63, 3.8) is 0 Å². The Morgan fingerprint density at radius 1 is 1.00 bits per heavy atom. The largest absolute Gasteiger partial charge is 0.329 e. The molecule has 2 N–H and O–H groups in total. The molecule has 0 saturated heterocycles. The monoisotopic (exact) mass is 396 g/mol. The van der Waals surface area contributed by atoms with E-state index < -0.39 is 7.60 Å². The fraction of sp³-hybridized carbons (Fsp3) is 0.333. The van der Waals surface area contributed by atoms with Gasteiger partial charge in [0.15, 0.2) is 0 Å². The summed E-state index contributed by atoms with van der Waals surface area (Å²) in [5, 5.41) is 0.782. The van der Waals surface area contributed by atoms with E-state index in [1.807, 2.05) is 25.1 Å². The Hall–Kier alpha value is -0.930. The van der Waals surface area contributed by atoms with E-state index >= 15 is 0 Å². The molecule has 2 aromatic rings.